The van der Waals surface area contributed by atoms with Crippen LogP contribution in [-0.2, 0) is 11.1 Å². The molecule has 4 aromatic rings. The second-order valence-corrected chi connectivity index (χ2v) is 7.82. The Hall–Kier alpha value is -3.79. The zero-order valence-electron chi connectivity index (χ0n) is 16.9. The lowest BCUT2D eigenvalue weighted by Gasteiger charge is -2.32. The van der Waals surface area contributed by atoms with Gasteiger partial charge >= 0.3 is 11.9 Å². The molecule has 0 amide bonds. The summed E-state index contributed by atoms with van der Waals surface area (Å²) in [5.41, 5.74) is -3.60. The number of aromatic amines is 1. The number of hydrogen-bond donors (Lipinski definition) is 1. The smallest absolute Gasteiger partial charge is 0.271 e. The van der Waals surface area contributed by atoms with E-state index in [0.29, 0.717) is 10.7 Å². The van der Waals surface area contributed by atoms with Gasteiger partial charge in [0.05, 0.1) is 11.3 Å². The predicted molar refractivity (Wildman–Crippen MR) is 114 cm³/mol. The number of benzene rings is 3. The van der Waals surface area contributed by atoms with Crippen molar-refractivity contribution < 1.29 is 22.0 Å². The third-order valence-electron chi connectivity index (χ3n) is 5.12. The molecule has 0 spiro atoms. The fraction of sp³-hybridized carbons (Fsp3) is 0.0870. The van der Waals surface area contributed by atoms with Gasteiger partial charge in [0.25, 0.3) is 5.56 Å². The zero-order valence-corrected chi connectivity index (χ0v) is 17.7. The van der Waals surface area contributed by atoms with E-state index in [1.807, 2.05) is 4.98 Å². The highest BCUT2D eigenvalue weighted by Crippen LogP contribution is 2.48. The van der Waals surface area contributed by atoms with Gasteiger partial charge in [-0.15, -0.1) is 11.6 Å². The van der Waals surface area contributed by atoms with Gasteiger partial charge in [-0.2, -0.15) is 23.0 Å². The van der Waals surface area contributed by atoms with Crippen molar-refractivity contribution in [1.82, 2.24) is 14.8 Å². The molecule has 4 rings (SSSR count). The topological polar surface area (TPSA) is 67.8 Å². The molecule has 0 aliphatic carbocycles. The first-order valence-corrected chi connectivity index (χ1v) is 9.99. The van der Waals surface area contributed by atoms with Crippen molar-refractivity contribution in [2.45, 2.75) is 11.1 Å². The molecular formula is C23H13ClF5N3O2. The SMILES string of the molecule is O=c1cnn(-c2ccc(C(Cl)(c3ccc(F)cc3)c3ccc(F)cc3)c(C(F)(F)F)c2)c(=O)[nH]1. The number of aromatic nitrogens is 3. The monoisotopic (exact) mass is 493 g/mol. The summed E-state index contributed by atoms with van der Waals surface area (Å²) in [5, 5.41) is 3.58. The van der Waals surface area contributed by atoms with Gasteiger partial charge in [0.1, 0.15) is 22.7 Å². The molecule has 1 aromatic heterocycles. The van der Waals surface area contributed by atoms with Crippen molar-refractivity contribution in [3.05, 3.63) is 128 Å². The molecule has 11 heteroatoms. The molecule has 5 nitrogen and oxygen atoms in total. The van der Waals surface area contributed by atoms with Crippen molar-refractivity contribution in [2.75, 3.05) is 0 Å². The highest BCUT2D eigenvalue weighted by molar-refractivity contribution is 6.28. The van der Waals surface area contributed by atoms with Gasteiger partial charge in [0, 0.05) is 0 Å². The summed E-state index contributed by atoms with van der Waals surface area (Å²) >= 11 is 6.91. The first-order valence-electron chi connectivity index (χ1n) is 9.62. The first kappa shape index (κ1) is 23.4. The van der Waals surface area contributed by atoms with E-state index in [9.17, 15) is 31.5 Å². The van der Waals surface area contributed by atoms with Crippen LogP contribution in [0.5, 0.6) is 0 Å². The Morgan fingerprint density at radius 3 is 1.79 bits per heavy atom. The van der Waals surface area contributed by atoms with Gasteiger partial charge in [-0.05, 0) is 53.1 Å². The maximum Gasteiger partial charge on any atom is 0.416 e. The molecule has 0 fully saturated rings. The van der Waals surface area contributed by atoms with Crippen molar-refractivity contribution in [2.24, 2.45) is 0 Å². The quantitative estimate of drug-likeness (QED) is 0.253. The Bertz CT molecular complexity index is 1420. The first-order chi connectivity index (χ1) is 16.0. The van der Waals surface area contributed by atoms with Crippen LogP contribution in [-0.4, -0.2) is 14.8 Å². The zero-order chi connectivity index (χ0) is 24.7. The normalized spacial score (nSPS) is 12.1. The fourth-order valence-electron chi connectivity index (χ4n) is 3.57. The minimum atomic E-state index is -4.95. The molecule has 0 atom stereocenters. The van der Waals surface area contributed by atoms with E-state index in [1.54, 1.807) is 0 Å². The molecule has 174 valence electrons. The van der Waals surface area contributed by atoms with Gasteiger partial charge in [-0.1, -0.05) is 30.3 Å². The second-order valence-electron chi connectivity index (χ2n) is 7.25. The van der Waals surface area contributed by atoms with E-state index in [2.05, 4.69) is 5.10 Å². The Balaban J connectivity index is 2.02. The molecule has 0 aliphatic heterocycles. The fourth-order valence-corrected chi connectivity index (χ4v) is 3.99. The highest BCUT2D eigenvalue weighted by atomic mass is 35.5. The van der Waals surface area contributed by atoms with Crippen LogP contribution >= 0.6 is 11.6 Å². The molecule has 0 saturated heterocycles. The minimum Gasteiger partial charge on any atom is -0.271 e. The van der Waals surface area contributed by atoms with Gasteiger partial charge in [0.2, 0.25) is 0 Å². The highest BCUT2D eigenvalue weighted by Gasteiger charge is 2.43. The summed E-state index contributed by atoms with van der Waals surface area (Å²) in [6, 6.07) is 12.0. The lowest BCUT2D eigenvalue weighted by molar-refractivity contribution is -0.138. The summed E-state index contributed by atoms with van der Waals surface area (Å²) in [7, 11) is 0. The standard InChI is InChI=1S/C23H13ClF5N3O2/c24-22(13-1-5-15(25)6-2-13,14-3-7-16(26)8-4-14)18-10-9-17(11-19(18)23(27,28)29)32-21(34)31-20(33)12-30-32/h1-12H,(H,31,33,34). The largest absolute Gasteiger partial charge is 0.416 e. The van der Waals surface area contributed by atoms with E-state index in [1.165, 1.54) is 30.3 Å². The second kappa shape index (κ2) is 8.53. The molecule has 1 N–H and O–H groups in total. The van der Waals surface area contributed by atoms with E-state index in [4.69, 9.17) is 11.6 Å². The van der Waals surface area contributed by atoms with Crippen LogP contribution in [0.25, 0.3) is 5.69 Å². The van der Waals surface area contributed by atoms with Gasteiger partial charge in [-0.3, -0.25) is 9.78 Å². The van der Waals surface area contributed by atoms with Crippen LogP contribution in [0, 0.1) is 11.6 Å². The molecule has 1 heterocycles. The lowest BCUT2D eigenvalue weighted by atomic mass is 9.81. The van der Waals surface area contributed by atoms with Crippen molar-refractivity contribution in [3.63, 3.8) is 0 Å². The van der Waals surface area contributed by atoms with Crippen LogP contribution in [0.1, 0.15) is 22.3 Å². The predicted octanol–water partition coefficient (Wildman–Crippen LogP) is 4.75. The average molecular weight is 494 g/mol. The number of H-pyrrole nitrogens is 1. The van der Waals surface area contributed by atoms with Gasteiger partial charge in [-0.25, -0.2) is 13.6 Å². The summed E-state index contributed by atoms with van der Waals surface area (Å²) in [6.45, 7) is 0. The average Bonchev–Trinajstić information content (AvgIpc) is 2.78. The van der Waals surface area contributed by atoms with Crippen LogP contribution in [0.15, 0.2) is 82.5 Å². The summed E-state index contributed by atoms with van der Waals surface area (Å²) in [6.07, 6.45) is -4.21. The molecular weight excluding hydrogens is 481 g/mol. The molecule has 0 saturated carbocycles. The Morgan fingerprint density at radius 2 is 1.32 bits per heavy atom. The van der Waals surface area contributed by atoms with Crippen molar-refractivity contribution in [3.8, 4) is 5.69 Å². The van der Waals surface area contributed by atoms with E-state index in [-0.39, 0.29) is 16.8 Å². The number of hydrogen-bond acceptors (Lipinski definition) is 3. The van der Waals surface area contributed by atoms with Gasteiger partial charge < -0.3 is 0 Å². The number of halogens is 6. The van der Waals surface area contributed by atoms with Crippen molar-refractivity contribution in [1.29, 1.82) is 0 Å². The van der Waals surface area contributed by atoms with Crippen LogP contribution in [0.2, 0.25) is 0 Å². The van der Waals surface area contributed by atoms with Crippen molar-refractivity contribution >= 4 is 11.6 Å². The summed E-state index contributed by atoms with van der Waals surface area (Å²) in [5.74, 6) is -1.26. The maximum absolute atomic E-state index is 14.3. The molecule has 34 heavy (non-hydrogen) atoms. The molecule has 0 unspecified atom stereocenters. The number of rotatable bonds is 4. The Kier molecular flexibility index (Phi) is 5.86. The molecule has 0 aliphatic rings. The number of nitrogens with one attached hydrogen (secondary N) is 1. The van der Waals surface area contributed by atoms with Crippen LogP contribution < -0.4 is 11.2 Å². The van der Waals surface area contributed by atoms with Gasteiger partial charge in [0.15, 0.2) is 0 Å². The number of nitrogens with zero attached hydrogens (tertiary/aromatic N) is 2. The van der Waals surface area contributed by atoms with E-state index in [0.717, 1.165) is 36.5 Å². The molecule has 3 aromatic carbocycles. The molecule has 0 bridgehead atoms. The molecule has 0 radical (unpaired) electrons. The van der Waals surface area contributed by atoms with E-state index >= 15 is 0 Å². The summed E-state index contributed by atoms with van der Waals surface area (Å²) in [4.78, 5) is 23.2. The third-order valence-corrected chi connectivity index (χ3v) is 5.76. The lowest BCUT2D eigenvalue weighted by Crippen LogP contribution is -2.31. The third kappa shape index (κ3) is 4.24. The Morgan fingerprint density at radius 1 is 0.794 bits per heavy atom. The summed E-state index contributed by atoms with van der Waals surface area (Å²) < 4.78 is 70.5. The Labute approximate surface area is 193 Å². The van der Waals surface area contributed by atoms with Crippen LogP contribution in [0.4, 0.5) is 22.0 Å². The minimum absolute atomic E-state index is 0.0970. The maximum atomic E-state index is 14.3. The van der Waals surface area contributed by atoms with E-state index < -0.39 is 45.1 Å². The number of alkyl halides is 4. The van der Waals surface area contributed by atoms with Crippen LogP contribution in [0.3, 0.4) is 0 Å².